The van der Waals surface area contributed by atoms with Crippen LogP contribution < -0.4 is 5.11 Å². The topological polar surface area (TPSA) is 84.9 Å². The van der Waals surface area contributed by atoms with Gasteiger partial charge in [-0.1, -0.05) is 225 Å². The van der Waals surface area contributed by atoms with Crippen molar-refractivity contribution in [1.29, 1.82) is 0 Å². The molecule has 1 aromatic carbocycles. The predicted molar refractivity (Wildman–Crippen MR) is 216 cm³/mol. The quantitative estimate of drug-likeness (QED) is 0.0381. The van der Waals surface area contributed by atoms with Crippen LogP contribution in [0, 0.1) is 0 Å². The average Bonchev–Trinajstić information content (AvgIpc) is 3.14. The predicted octanol–water partition coefficient (Wildman–Crippen LogP) is 13.4. The summed E-state index contributed by atoms with van der Waals surface area (Å²) < 4.78 is 17.8. The molecule has 52 heavy (non-hydrogen) atoms. The van der Waals surface area contributed by atoms with Crippen LogP contribution in [-0.2, 0) is 14.2 Å². The molecule has 0 amide bonds. The van der Waals surface area contributed by atoms with Crippen LogP contribution in [0.3, 0.4) is 0 Å². The summed E-state index contributed by atoms with van der Waals surface area (Å²) in [5.74, 6) is -3.79. The van der Waals surface area contributed by atoms with Gasteiger partial charge < -0.3 is 24.1 Å². The lowest BCUT2D eigenvalue weighted by Gasteiger charge is -2.29. The van der Waals surface area contributed by atoms with Crippen LogP contribution in [-0.4, -0.2) is 31.1 Å². The van der Waals surface area contributed by atoms with E-state index >= 15 is 0 Å². The van der Waals surface area contributed by atoms with Crippen LogP contribution >= 0.6 is 0 Å². The lowest BCUT2D eigenvalue weighted by atomic mass is 10.0. The summed E-state index contributed by atoms with van der Waals surface area (Å²) in [4.78, 5) is 24.7. The van der Waals surface area contributed by atoms with Crippen molar-refractivity contribution in [3.8, 4) is 0 Å². The van der Waals surface area contributed by atoms with Gasteiger partial charge in [0.2, 0.25) is 0 Å². The van der Waals surface area contributed by atoms with Crippen molar-refractivity contribution < 1.29 is 28.9 Å². The number of carboxylic acid groups (broad SMARTS) is 1. The zero-order chi connectivity index (χ0) is 37.8. The van der Waals surface area contributed by atoms with E-state index in [9.17, 15) is 14.7 Å². The van der Waals surface area contributed by atoms with Crippen molar-refractivity contribution in [1.82, 2.24) is 0 Å². The molecule has 1 rings (SSSR count). The van der Waals surface area contributed by atoms with Crippen LogP contribution in [0.5, 0.6) is 0 Å². The molecule has 6 heteroatoms. The second-order valence-electron chi connectivity index (χ2n) is 15.4. The lowest BCUT2D eigenvalue weighted by molar-refractivity contribution is -0.345. The molecule has 0 bridgehead atoms. The van der Waals surface area contributed by atoms with E-state index in [4.69, 9.17) is 14.2 Å². The molecule has 0 radical (unpaired) electrons. The number of ether oxygens (including phenoxy) is 3. The Hall–Kier alpha value is -1.92. The summed E-state index contributed by atoms with van der Waals surface area (Å²) in [6.07, 6.45) is 41.5. The first kappa shape index (κ1) is 48.1. The molecule has 0 aliphatic carbocycles. The number of esters is 1. The fourth-order valence-corrected chi connectivity index (χ4v) is 6.98. The highest BCUT2D eigenvalue weighted by Crippen LogP contribution is 2.22. The number of hydrogen-bond acceptors (Lipinski definition) is 6. The third-order valence-electron chi connectivity index (χ3n) is 10.4. The van der Waals surface area contributed by atoms with Gasteiger partial charge in [0.25, 0.3) is 0 Å². The minimum absolute atomic E-state index is 0.0641. The van der Waals surface area contributed by atoms with Crippen LogP contribution in [0.1, 0.15) is 247 Å². The summed E-state index contributed by atoms with van der Waals surface area (Å²) in [5.41, 5.74) is -0.267. The zero-order valence-corrected chi connectivity index (χ0v) is 34.3. The van der Waals surface area contributed by atoms with Gasteiger partial charge in [-0.2, -0.15) is 0 Å². The van der Waals surface area contributed by atoms with E-state index in [0.717, 1.165) is 38.5 Å². The molecule has 0 aromatic heterocycles. The van der Waals surface area contributed by atoms with E-state index in [1.165, 1.54) is 179 Å². The Kier molecular flexibility index (Phi) is 32.2. The Balaban J connectivity index is 2.27. The first-order valence-corrected chi connectivity index (χ1v) is 22.2. The summed E-state index contributed by atoms with van der Waals surface area (Å²) in [7, 11) is 0. The number of aromatic carboxylic acids is 1. The molecule has 6 nitrogen and oxygen atoms in total. The summed E-state index contributed by atoms with van der Waals surface area (Å²) in [5, 5.41) is 11.6. The van der Waals surface area contributed by atoms with Gasteiger partial charge in [0.15, 0.2) is 0 Å². The first-order valence-electron chi connectivity index (χ1n) is 22.2. The Bertz CT molecular complexity index is 924. The summed E-state index contributed by atoms with van der Waals surface area (Å²) in [6.45, 7) is 6.98. The van der Waals surface area contributed by atoms with Crippen molar-refractivity contribution in [2.75, 3.05) is 13.2 Å². The third kappa shape index (κ3) is 27.7. The molecule has 0 fully saturated rings. The first-order chi connectivity index (χ1) is 25.4. The highest BCUT2D eigenvalue weighted by atomic mass is 16.9. The van der Waals surface area contributed by atoms with Gasteiger partial charge in [-0.3, -0.25) is 0 Å². The Morgan fingerprint density at radius 2 is 0.731 bits per heavy atom. The molecule has 0 heterocycles. The minimum Gasteiger partial charge on any atom is -0.545 e. The van der Waals surface area contributed by atoms with Crippen LogP contribution in [0.2, 0.25) is 0 Å². The highest BCUT2D eigenvalue weighted by molar-refractivity contribution is 6.01. The molecule has 1 aromatic rings. The number of hydrogen-bond donors (Lipinski definition) is 0. The van der Waals surface area contributed by atoms with E-state index in [-0.39, 0.29) is 11.1 Å². The minimum atomic E-state index is -1.58. The normalized spacial score (nSPS) is 11.7. The van der Waals surface area contributed by atoms with Gasteiger partial charge in [-0.25, -0.2) is 4.79 Å². The zero-order valence-electron chi connectivity index (χ0n) is 34.3. The van der Waals surface area contributed by atoms with Crippen molar-refractivity contribution >= 4 is 11.9 Å². The number of rotatable bonds is 39. The van der Waals surface area contributed by atoms with Crippen LogP contribution in [0.15, 0.2) is 24.3 Å². The molecule has 0 N–H and O–H groups in total. The maximum Gasteiger partial charge on any atom is 0.343 e. The molecule has 0 aliphatic rings. The number of carboxylic acids is 1. The van der Waals surface area contributed by atoms with Crippen molar-refractivity contribution in [2.24, 2.45) is 0 Å². The Morgan fingerprint density at radius 3 is 1.02 bits per heavy atom. The Morgan fingerprint density at radius 1 is 0.462 bits per heavy atom. The van der Waals surface area contributed by atoms with Crippen molar-refractivity contribution in [3.63, 3.8) is 0 Å². The SMILES string of the molecule is CCCCCCCCCCCCCCCCCCOC(C)(OCCCCCCCCCCCCCCCCCC)OC(=O)c1ccccc1C(=O)[O-]. The second kappa shape index (κ2) is 34.8. The average molecular weight is 730 g/mol. The van der Waals surface area contributed by atoms with E-state index in [0.29, 0.717) is 13.2 Å². The monoisotopic (exact) mass is 730 g/mol. The summed E-state index contributed by atoms with van der Waals surface area (Å²) in [6, 6.07) is 5.94. The molecule has 0 spiro atoms. The number of carbonyl (C=O) groups excluding carboxylic acids is 2. The van der Waals surface area contributed by atoms with Gasteiger partial charge in [0.1, 0.15) is 0 Å². The maximum atomic E-state index is 13.1. The van der Waals surface area contributed by atoms with Crippen molar-refractivity contribution in [3.05, 3.63) is 35.4 Å². The molecule has 0 saturated carbocycles. The maximum absolute atomic E-state index is 13.1. The van der Waals surface area contributed by atoms with E-state index < -0.39 is 17.9 Å². The van der Waals surface area contributed by atoms with Gasteiger partial charge in [-0.15, -0.1) is 0 Å². The molecule has 0 saturated heterocycles. The number of benzene rings is 1. The smallest absolute Gasteiger partial charge is 0.343 e. The third-order valence-corrected chi connectivity index (χ3v) is 10.4. The fraction of sp³-hybridized carbons (Fsp3) is 0.826. The Labute approximate surface area is 320 Å². The number of carbonyl (C=O) groups is 2. The van der Waals surface area contributed by atoms with Crippen molar-refractivity contribution in [2.45, 2.75) is 232 Å². The van der Waals surface area contributed by atoms with Gasteiger partial charge in [0.05, 0.1) is 24.7 Å². The van der Waals surface area contributed by atoms with E-state index in [1.54, 1.807) is 19.1 Å². The molecule has 0 aliphatic heterocycles. The molecule has 0 unspecified atom stereocenters. The summed E-state index contributed by atoms with van der Waals surface area (Å²) >= 11 is 0. The second-order valence-corrected chi connectivity index (χ2v) is 15.4. The van der Waals surface area contributed by atoms with Gasteiger partial charge >= 0.3 is 11.9 Å². The molecule has 302 valence electrons. The van der Waals surface area contributed by atoms with Crippen LogP contribution in [0.25, 0.3) is 0 Å². The molecule has 0 atom stereocenters. The largest absolute Gasteiger partial charge is 0.545 e. The lowest BCUT2D eigenvalue weighted by Crippen LogP contribution is -2.39. The van der Waals surface area contributed by atoms with E-state index in [2.05, 4.69) is 13.8 Å². The van der Waals surface area contributed by atoms with E-state index in [1.807, 2.05) is 0 Å². The van der Waals surface area contributed by atoms with Gasteiger partial charge in [0, 0.05) is 12.5 Å². The van der Waals surface area contributed by atoms with Gasteiger partial charge in [-0.05, 0) is 18.9 Å². The fourth-order valence-electron chi connectivity index (χ4n) is 6.98. The highest BCUT2D eigenvalue weighted by Gasteiger charge is 2.32. The molecular formula is C46H81O6-. The number of unbranched alkanes of at least 4 members (excludes halogenated alkanes) is 30. The standard InChI is InChI=1S/C46H82O6/c1-4-6-8-10-12-14-16-18-20-22-24-26-28-30-32-36-40-50-46(3,52-45(49)43-39-35-34-38-42(43)44(47)48)51-41-37-33-31-29-27-25-23-21-19-17-15-13-11-9-7-5-2/h34-35,38-39H,4-33,36-37,40-41H2,1-3H3,(H,47,48)/p-1. The molecular weight excluding hydrogens is 649 g/mol. The van der Waals surface area contributed by atoms with Crippen LogP contribution in [0.4, 0.5) is 0 Å².